The molecule has 0 aromatic heterocycles. The summed E-state index contributed by atoms with van der Waals surface area (Å²) in [6.45, 7) is 1.80. The van der Waals surface area contributed by atoms with Crippen molar-refractivity contribution in [2.45, 2.75) is 6.92 Å². The van der Waals surface area contributed by atoms with Gasteiger partial charge >= 0.3 is 5.97 Å². The average Bonchev–Trinajstić information content (AvgIpc) is 2.84. The zero-order chi connectivity index (χ0) is 23.0. The Morgan fingerprint density at radius 3 is 2.39 bits per heavy atom. The number of carbonyl (C=O) groups excluding carboxylic acids is 2. The van der Waals surface area contributed by atoms with Crippen molar-refractivity contribution in [2.75, 3.05) is 6.61 Å². The lowest BCUT2D eigenvalue weighted by molar-refractivity contribution is -0.123. The normalized spacial score (nSPS) is 10.8. The van der Waals surface area contributed by atoms with Gasteiger partial charge in [-0.3, -0.25) is 4.79 Å². The lowest BCUT2D eigenvalue weighted by atomic mass is 10.1. The summed E-state index contributed by atoms with van der Waals surface area (Å²) in [5, 5.41) is 5.94. The minimum Gasteiger partial charge on any atom is -0.483 e. The van der Waals surface area contributed by atoms with Crippen molar-refractivity contribution < 1.29 is 19.1 Å². The number of carbonyl (C=O) groups is 2. The van der Waals surface area contributed by atoms with Crippen LogP contribution < -0.4 is 14.9 Å². The number of hydrazone groups is 1. The van der Waals surface area contributed by atoms with Crippen molar-refractivity contribution in [2.24, 2.45) is 5.10 Å². The van der Waals surface area contributed by atoms with Crippen LogP contribution in [0.2, 0.25) is 0 Å². The Morgan fingerprint density at radius 2 is 1.61 bits per heavy atom. The van der Waals surface area contributed by atoms with E-state index < -0.39 is 5.97 Å². The number of rotatable bonds is 7. The van der Waals surface area contributed by atoms with E-state index in [2.05, 4.69) is 10.5 Å². The topological polar surface area (TPSA) is 77.0 Å². The monoisotopic (exact) mass is 438 g/mol. The van der Waals surface area contributed by atoms with Gasteiger partial charge in [0, 0.05) is 5.39 Å². The molecule has 0 unspecified atom stereocenters. The summed E-state index contributed by atoms with van der Waals surface area (Å²) in [6.07, 6.45) is 1.50. The molecule has 4 rings (SSSR count). The largest absolute Gasteiger partial charge is 0.483 e. The van der Waals surface area contributed by atoms with Crippen LogP contribution in [0.25, 0.3) is 10.8 Å². The summed E-state index contributed by atoms with van der Waals surface area (Å²) in [5.74, 6) is 0.269. The molecule has 0 aliphatic rings. The lowest BCUT2D eigenvalue weighted by Crippen LogP contribution is -2.24. The second-order valence-electron chi connectivity index (χ2n) is 7.38. The first kappa shape index (κ1) is 21.8. The molecular formula is C27H22N2O4. The number of amides is 1. The van der Waals surface area contributed by atoms with Crippen molar-refractivity contribution in [3.8, 4) is 11.5 Å². The molecule has 0 heterocycles. The molecular weight excluding hydrogens is 416 g/mol. The summed E-state index contributed by atoms with van der Waals surface area (Å²) >= 11 is 0. The van der Waals surface area contributed by atoms with Crippen molar-refractivity contribution >= 4 is 28.9 Å². The number of benzene rings is 4. The summed E-state index contributed by atoms with van der Waals surface area (Å²) in [4.78, 5) is 24.3. The first-order valence-corrected chi connectivity index (χ1v) is 10.4. The van der Waals surface area contributed by atoms with E-state index in [1.54, 1.807) is 36.4 Å². The molecule has 0 atom stereocenters. The van der Waals surface area contributed by atoms with Crippen molar-refractivity contribution in [3.63, 3.8) is 0 Å². The van der Waals surface area contributed by atoms with Gasteiger partial charge in [0.15, 0.2) is 6.61 Å². The molecule has 4 aromatic rings. The molecule has 4 aromatic carbocycles. The van der Waals surface area contributed by atoms with Gasteiger partial charge in [-0.15, -0.1) is 0 Å². The molecule has 6 nitrogen and oxygen atoms in total. The van der Waals surface area contributed by atoms with E-state index in [0.29, 0.717) is 17.1 Å². The number of esters is 1. The van der Waals surface area contributed by atoms with E-state index in [1.165, 1.54) is 6.21 Å². The molecule has 33 heavy (non-hydrogen) atoms. The summed E-state index contributed by atoms with van der Waals surface area (Å²) in [7, 11) is 0. The first-order valence-electron chi connectivity index (χ1n) is 10.4. The van der Waals surface area contributed by atoms with Gasteiger partial charge in [0.25, 0.3) is 5.91 Å². The Balaban J connectivity index is 1.27. The highest BCUT2D eigenvalue weighted by molar-refractivity contribution is 5.91. The fourth-order valence-electron chi connectivity index (χ4n) is 3.15. The first-order chi connectivity index (χ1) is 16.1. The van der Waals surface area contributed by atoms with E-state index >= 15 is 0 Å². The molecule has 0 saturated carbocycles. The Hall–Kier alpha value is -4.45. The zero-order valence-corrected chi connectivity index (χ0v) is 18.0. The van der Waals surface area contributed by atoms with Crippen LogP contribution in [0.5, 0.6) is 11.5 Å². The summed E-state index contributed by atoms with van der Waals surface area (Å²) < 4.78 is 11.0. The molecule has 0 bridgehead atoms. The minimum atomic E-state index is -0.421. The lowest BCUT2D eigenvalue weighted by Gasteiger charge is -2.08. The molecule has 0 fully saturated rings. The highest BCUT2D eigenvalue weighted by Gasteiger charge is 2.08. The average molecular weight is 438 g/mol. The van der Waals surface area contributed by atoms with Crippen LogP contribution in [0, 0.1) is 6.92 Å². The number of nitrogens with one attached hydrogen (secondary N) is 1. The predicted octanol–water partition coefficient (Wildman–Crippen LogP) is 4.90. The van der Waals surface area contributed by atoms with E-state index in [9.17, 15) is 9.59 Å². The third kappa shape index (κ3) is 5.83. The van der Waals surface area contributed by atoms with E-state index in [1.807, 2.05) is 61.5 Å². The number of hydrogen-bond acceptors (Lipinski definition) is 5. The Morgan fingerprint density at radius 1 is 0.879 bits per heavy atom. The fourth-order valence-corrected chi connectivity index (χ4v) is 3.15. The SMILES string of the molecule is Cc1ccc(C(=O)Oc2ccc(C=NNC(=O)COc3cccc4ccccc34)cc2)cc1. The highest BCUT2D eigenvalue weighted by Crippen LogP contribution is 2.24. The van der Waals surface area contributed by atoms with E-state index in [4.69, 9.17) is 9.47 Å². The van der Waals surface area contributed by atoms with Crippen LogP contribution in [0.4, 0.5) is 0 Å². The highest BCUT2D eigenvalue weighted by atomic mass is 16.5. The number of ether oxygens (including phenoxy) is 2. The van der Waals surface area contributed by atoms with Crippen LogP contribution in [-0.4, -0.2) is 24.7 Å². The number of nitrogens with zero attached hydrogens (tertiary/aromatic N) is 1. The van der Waals surface area contributed by atoms with E-state index in [-0.39, 0.29) is 12.5 Å². The van der Waals surface area contributed by atoms with Crippen LogP contribution >= 0.6 is 0 Å². The second kappa shape index (κ2) is 10.2. The number of fused-ring (bicyclic) bond motifs is 1. The number of hydrogen-bond donors (Lipinski definition) is 1. The van der Waals surface area contributed by atoms with Gasteiger partial charge in [0.1, 0.15) is 11.5 Å². The van der Waals surface area contributed by atoms with Crippen molar-refractivity contribution in [1.82, 2.24) is 5.43 Å². The smallest absolute Gasteiger partial charge is 0.343 e. The maximum absolute atomic E-state index is 12.2. The fraction of sp³-hybridized carbons (Fsp3) is 0.0741. The Kier molecular flexibility index (Phi) is 6.75. The van der Waals surface area contributed by atoms with Gasteiger partial charge in [-0.1, -0.05) is 54.1 Å². The summed E-state index contributed by atoms with van der Waals surface area (Å²) in [6, 6.07) is 27.5. The standard InChI is InChI=1S/C27H22N2O4/c1-19-9-13-22(14-10-19)27(31)33-23-15-11-20(12-16-23)17-28-29-26(30)18-32-25-8-4-6-21-5-2-3-7-24(21)25/h2-17H,18H2,1H3,(H,29,30). The minimum absolute atomic E-state index is 0.154. The molecule has 0 saturated heterocycles. The predicted molar refractivity (Wildman–Crippen MR) is 128 cm³/mol. The molecule has 164 valence electrons. The van der Waals surface area contributed by atoms with E-state index in [0.717, 1.165) is 21.9 Å². The van der Waals surface area contributed by atoms with Gasteiger partial charge in [-0.05, 0) is 60.3 Å². The third-order valence-electron chi connectivity index (χ3n) is 4.89. The van der Waals surface area contributed by atoms with Gasteiger partial charge in [-0.2, -0.15) is 5.10 Å². The van der Waals surface area contributed by atoms with Gasteiger partial charge in [0.05, 0.1) is 11.8 Å². The zero-order valence-electron chi connectivity index (χ0n) is 18.0. The maximum Gasteiger partial charge on any atom is 0.343 e. The molecule has 1 amide bonds. The van der Waals surface area contributed by atoms with Crippen LogP contribution in [0.1, 0.15) is 21.5 Å². The molecule has 1 N–H and O–H groups in total. The third-order valence-corrected chi connectivity index (χ3v) is 4.89. The van der Waals surface area contributed by atoms with Crippen molar-refractivity contribution in [1.29, 1.82) is 0 Å². The summed E-state index contributed by atoms with van der Waals surface area (Å²) in [5.41, 5.74) is 4.74. The quantitative estimate of drug-likeness (QED) is 0.193. The molecule has 0 aliphatic heterocycles. The van der Waals surface area contributed by atoms with Crippen molar-refractivity contribution in [3.05, 3.63) is 108 Å². The molecule has 0 radical (unpaired) electrons. The number of aryl methyl sites for hydroxylation is 1. The Bertz CT molecular complexity index is 1290. The second-order valence-corrected chi connectivity index (χ2v) is 7.38. The van der Waals surface area contributed by atoms with Crippen LogP contribution in [0.15, 0.2) is 96.1 Å². The maximum atomic E-state index is 12.2. The van der Waals surface area contributed by atoms with Gasteiger partial charge in [-0.25, -0.2) is 10.2 Å². The van der Waals surface area contributed by atoms with Crippen LogP contribution in [0.3, 0.4) is 0 Å². The molecule has 6 heteroatoms. The van der Waals surface area contributed by atoms with Gasteiger partial charge in [0.2, 0.25) is 0 Å². The van der Waals surface area contributed by atoms with Crippen LogP contribution in [-0.2, 0) is 4.79 Å². The Labute approximate surface area is 191 Å². The van der Waals surface area contributed by atoms with Gasteiger partial charge < -0.3 is 9.47 Å². The molecule has 0 aliphatic carbocycles. The molecule has 0 spiro atoms.